The molecule has 3 rings (SSSR count). The number of sulfonamides is 1. The maximum absolute atomic E-state index is 13.2. The third-order valence-electron chi connectivity index (χ3n) is 3.53. The fourth-order valence-corrected chi connectivity index (χ4v) is 3.18. The predicted molar refractivity (Wildman–Crippen MR) is 98.4 cm³/mol. The third kappa shape index (κ3) is 4.64. The monoisotopic (exact) mass is 386 g/mol. The maximum Gasteiger partial charge on any atom is 0.264 e. The van der Waals surface area contributed by atoms with E-state index in [0.29, 0.717) is 11.4 Å². The van der Waals surface area contributed by atoms with E-state index in [1.54, 1.807) is 13.0 Å². The molecule has 1 aromatic heterocycles. The van der Waals surface area contributed by atoms with Gasteiger partial charge in [-0.1, -0.05) is 6.07 Å². The van der Waals surface area contributed by atoms with Crippen LogP contribution in [0.15, 0.2) is 65.7 Å². The fourth-order valence-electron chi connectivity index (χ4n) is 2.23. The molecular formula is C18H15FN4O3S. The molecule has 0 unspecified atom stereocenters. The zero-order valence-electron chi connectivity index (χ0n) is 14.2. The van der Waals surface area contributed by atoms with Gasteiger partial charge in [0.25, 0.3) is 15.9 Å². The SMILES string of the molecule is Cc1ccnc(NS(=O)(=O)c2ccc(NC(=O)c3cccc(F)c3)cc2)n1. The normalized spacial score (nSPS) is 11.0. The minimum Gasteiger partial charge on any atom is -0.322 e. The summed E-state index contributed by atoms with van der Waals surface area (Å²) in [7, 11) is -3.87. The number of carbonyl (C=O) groups excluding carboxylic acids is 1. The molecule has 1 heterocycles. The Morgan fingerprint density at radius 3 is 2.48 bits per heavy atom. The molecule has 0 aliphatic heterocycles. The van der Waals surface area contributed by atoms with Crippen LogP contribution in [0.1, 0.15) is 16.1 Å². The lowest BCUT2D eigenvalue weighted by molar-refractivity contribution is 0.102. The number of hydrogen-bond donors (Lipinski definition) is 2. The van der Waals surface area contributed by atoms with Crippen LogP contribution in [-0.2, 0) is 10.0 Å². The second kappa shape index (κ2) is 7.50. The molecule has 2 N–H and O–H groups in total. The Hall–Kier alpha value is -3.33. The molecule has 0 bridgehead atoms. The number of nitrogens with zero attached hydrogens (tertiary/aromatic N) is 2. The van der Waals surface area contributed by atoms with Crippen molar-refractivity contribution in [1.82, 2.24) is 9.97 Å². The van der Waals surface area contributed by atoms with E-state index in [1.807, 2.05) is 0 Å². The number of benzene rings is 2. The summed E-state index contributed by atoms with van der Waals surface area (Å²) in [6.07, 6.45) is 1.45. The highest BCUT2D eigenvalue weighted by Gasteiger charge is 2.16. The van der Waals surface area contributed by atoms with Crippen LogP contribution in [0.3, 0.4) is 0 Å². The number of amides is 1. The van der Waals surface area contributed by atoms with E-state index in [0.717, 1.165) is 6.07 Å². The van der Waals surface area contributed by atoms with Gasteiger partial charge in [0.2, 0.25) is 5.95 Å². The summed E-state index contributed by atoms with van der Waals surface area (Å²) in [5.74, 6) is -1.05. The number of halogens is 1. The zero-order chi connectivity index (χ0) is 19.4. The van der Waals surface area contributed by atoms with Gasteiger partial charge >= 0.3 is 0 Å². The largest absolute Gasteiger partial charge is 0.322 e. The van der Waals surface area contributed by atoms with E-state index in [4.69, 9.17) is 0 Å². The van der Waals surface area contributed by atoms with Crippen molar-refractivity contribution in [1.29, 1.82) is 0 Å². The lowest BCUT2D eigenvalue weighted by Gasteiger charge is -2.09. The summed E-state index contributed by atoms with van der Waals surface area (Å²) in [6.45, 7) is 1.72. The third-order valence-corrected chi connectivity index (χ3v) is 4.87. The van der Waals surface area contributed by atoms with Gasteiger partial charge in [-0.25, -0.2) is 27.5 Å². The van der Waals surface area contributed by atoms with Gasteiger partial charge in [0.15, 0.2) is 0 Å². The van der Waals surface area contributed by atoms with Crippen molar-refractivity contribution in [2.75, 3.05) is 10.0 Å². The Morgan fingerprint density at radius 1 is 1.07 bits per heavy atom. The Balaban J connectivity index is 1.73. The van der Waals surface area contributed by atoms with E-state index in [9.17, 15) is 17.6 Å². The first kappa shape index (κ1) is 18.5. The van der Waals surface area contributed by atoms with Crippen molar-refractivity contribution >= 4 is 27.6 Å². The Morgan fingerprint density at radius 2 is 1.81 bits per heavy atom. The Bertz CT molecular complexity index is 1090. The topological polar surface area (TPSA) is 101 Å². The molecule has 7 nitrogen and oxygen atoms in total. The van der Waals surface area contributed by atoms with Crippen molar-refractivity contribution in [3.05, 3.63) is 77.9 Å². The van der Waals surface area contributed by atoms with Crippen molar-refractivity contribution in [2.24, 2.45) is 0 Å². The molecule has 3 aromatic rings. The summed E-state index contributed by atoms with van der Waals surface area (Å²) in [5, 5.41) is 2.58. The van der Waals surface area contributed by atoms with E-state index >= 15 is 0 Å². The van der Waals surface area contributed by atoms with Crippen LogP contribution in [0.25, 0.3) is 0 Å². The van der Waals surface area contributed by atoms with Crippen molar-refractivity contribution in [3.63, 3.8) is 0 Å². The van der Waals surface area contributed by atoms with Crippen molar-refractivity contribution < 1.29 is 17.6 Å². The smallest absolute Gasteiger partial charge is 0.264 e. The zero-order valence-corrected chi connectivity index (χ0v) is 15.0. The fraction of sp³-hybridized carbons (Fsp3) is 0.0556. The molecule has 0 radical (unpaired) electrons. The van der Waals surface area contributed by atoms with Gasteiger partial charge in [0.1, 0.15) is 5.82 Å². The van der Waals surface area contributed by atoms with Crippen LogP contribution in [0.2, 0.25) is 0 Å². The van der Waals surface area contributed by atoms with E-state index in [1.165, 1.54) is 48.7 Å². The summed E-state index contributed by atoms with van der Waals surface area (Å²) < 4.78 is 40.2. The molecule has 1 amide bonds. The number of hydrogen-bond acceptors (Lipinski definition) is 5. The molecule has 2 aromatic carbocycles. The van der Waals surface area contributed by atoms with E-state index in [2.05, 4.69) is 20.0 Å². The first-order valence-electron chi connectivity index (χ1n) is 7.83. The first-order chi connectivity index (χ1) is 12.8. The van der Waals surface area contributed by atoms with Gasteiger partial charge in [-0.15, -0.1) is 0 Å². The molecule has 0 fully saturated rings. The average Bonchev–Trinajstić information content (AvgIpc) is 2.62. The minimum absolute atomic E-state index is 0.0173. The molecule has 27 heavy (non-hydrogen) atoms. The Kier molecular flexibility index (Phi) is 5.13. The van der Waals surface area contributed by atoms with Crippen LogP contribution < -0.4 is 10.0 Å². The average molecular weight is 386 g/mol. The highest BCUT2D eigenvalue weighted by molar-refractivity contribution is 7.92. The molecule has 138 valence electrons. The van der Waals surface area contributed by atoms with Crippen LogP contribution >= 0.6 is 0 Å². The number of aryl methyl sites for hydroxylation is 1. The van der Waals surface area contributed by atoms with Gasteiger partial charge < -0.3 is 5.32 Å². The lowest BCUT2D eigenvalue weighted by atomic mass is 10.2. The van der Waals surface area contributed by atoms with Crippen LogP contribution in [0.5, 0.6) is 0 Å². The first-order valence-corrected chi connectivity index (χ1v) is 9.31. The van der Waals surface area contributed by atoms with Crippen LogP contribution in [0.4, 0.5) is 16.0 Å². The second-order valence-electron chi connectivity index (χ2n) is 5.62. The molecule has 0 aliphatic carbocycles. The highest BCUT2D eigenvalue weighted by Crippen LogP contribution is 2.17. The second-order valence-corrected chi connectivity index (χ2v) is 7.30. The number of aromatic nitrogens is 2. The number of carbonyl (C=O) groups is 1. The molecular weight excluding hydrogens is 371 g/mol. The molecule has 0 saturated carbocycles. The molecule has 0 spiro atoms. The molecule has 9 heteroatoms. The maximum atomic E-state index is 13.2. The summed E-state index contributed by atoms with van der Waals surface area (Å²) in [6, 6.07) is 12.4. The number of anilines is 2. The predicted octanol–water partition coefficient (Wildman–Crippen LogP) is 2.98. The standard InChI is InChI=1S/C18H15FN4O3S/c1-12-9-10-20-18(21-12)23-27(25,26)16-7-5-15(6-8-16)22-17(24)13-3-2-4-14(19)11-13/h2-11H,1H3,(H,22,24)(H,20,21,23). The van der Waals surface area contributed by atoms with E-state index in [-0.39, 0.29) is 16.4 Å². The van der Waals surface area contributed by atoms with Crippen LogP contribution in [-0.4, -0.2) is 24.3 Å². The number of rotatable bonds is 5. The van der Waals surface area contributed by atoms with Gasteiger partial charge in [-0.05, 0) is 55.5 Å². The molecule has 0 atom stereocenters. The molecule has 0 aliphatic rings. The van der Waals surface area contributed by atoms with Gasteiger partial charge in [0, 0.05) is 23.1 Å². The summed E-state index contributed by atoms with van der Waals surface area (Å²) in [5.41, 5.74) is 1.15. The highest BCUT2D eigenvalue weighted by atomic mass is 32.2. The van der Waals surface area contributed by atoms with E-state index < -0.39 is 21.7 Å². The molecule has 0 saturated heterocycles. The van der Waals surface area contributed by atoms with Gasteiger partial charge in [0.05, 0.1) is 4.90 Å². The van der Waals surface area contributed by atoms with Gasteiger partial charge in [-0.2, -0.15) is 0 Å². The van der Waals surface area contributed by atoms with Crippen molar-refractivity contribution in [2.45, 2.75) is 11.8 Å². The summed E-state index contributed by atoms with van der Waals surface area (Å²) in [4.78, 5) is 19.9. The number of nitrogens with one attached hydrogen (secondary N) is 2. The quantitative estimate of drug-likeness (QED) is 0.702. The lowest BCUT2D eigenvalue weighted by Crippen LogP contribution is -2.16. The van der Waals surface area contributed by atoms with Gasteiger partial charge in [-0.3, -0.25) is 4.79 Å². The van der Waals surface area contributed by atoms with Crippen molar-refractivity contribution in [3.8, 4) is 0 Å². The minimum atomic E-state index is -3.87. The van der Waals surface area contributed by atoms with Crippen LogP contribution in [0, 0.1) is 12.7 Å². The summed E-state index contributed by atoms with van der Waals surface area (Å²) >= 11 is 0. The Labute approximate surface area is 155 Å².